The summed E-state index contributed by atoms with van der Waals surface area (Å²) in [6.45, 7) is 3.56. The summed E-state index contributed by atoms with van der Waals surface area (Å²) >= 11 is 0. The molecule has 2 N–H and O–H groups in total. The minimum absolute atomic E-state index is 0.0575. The maximum absolute atomic E-state index is 14.2. The summed E-state index contributed by atoms with van der Waals surface area (Å²) in [5.41, 5.74) is 0.520. The van der Waals surface area contributed by atoms with Gasteiger partial charge in [-0.25, -0.2) is 18.4 Å². The van der Waals surface area contributed by atoms with Crippen molar-refractivity contribution in [3.63, 3.8) is 0 Å². The Morgan fingerprint density at radius 3 is 2.89 bits per heavy atom. The molecular formula is C23H23F2N7O3. The molecule has 0 aliphatic carbocycles. The molecule has 4 aromatic rings. The van der Waals surface area contributed by atoms with Crippen molar-refractivity contribution >= 4 is 11.0 Å². The maximum Gasteiger partial charge on any atom is 0.282 e. The van der Waals surface area contributed by atoms with E-state index in [0.717, 1.165) is 0 Å². The first-order chi connectivity index (χ1) is 16.7. The first-order valence-corrected chi connectivity index (χ1v) is 10.9. The van der Waals surface area contributed by atoms with Crippen molar-refractivity contribution in [2.75, 3.05) is 13.2 Å². The van der Waals surface area contributed by atoms with Gasteiger partial charge in [0.05, 0.1) is 30.0 Å². The summed E-state index contributed by atoms with van der Waals surface area (Å²) in [6.07, 6.45) is -0.112. The quantitative estimate of drug-likeness (QED) is 0.431. The topological polar surface area (TPSA) is 127 Å². The second-order valence-electron chi connectivity index (χ2n) is 9.06. The highest BCUT2D eigenvalue weighted by atomic mass is 19.3. The lowest BCUT2D eigenvalue weighted by Crippen LogP contribution is -2.37. The van der Waals surface area contributed by atoms with E-state index in [2.05, 4.69) is 26.2 Å². The van der Waals surface area contributed by atoms with Crippen LogP contribution in [-0.4, -0.2) is 59.6 Å². The van der Waals surface area contributed by atoms with E-state index in [1.54, 1.807) is 45.4 Å². The number of aliphatic hydroxyl groups is 1. The van der Waals surface area contributed by atoms with Crippen molar-refractivity contribution in [2.24, 2.45) is 7.05 Å². The molecule has 35 heavy (non-hydrogen) atoms. The van der Waals surface area contributed by atoms with E-state index in [4.69, 9.17) is 9.47 Å². The standard InChI is InChI=1S/C23H23F2N7O3/c1-23(2,33)11-35-12-8-32-22(34-10-12)17(19(30-32)20(24)25)18-16(13-5-4-6-27-21(13)28-18)14-9-31(3)29-15(14)7-26/h4-6,9,12,20,33H,8,10-11H2,1-3H3,(H,27,28)/t12-/m0/s1. The van der Waals surface area contributed by atoms with Crippen LogP contribution in [0.1, 0.15) is 31.7 Å². The van der Waals surface area contributed by atoms with Crippen molar-refractivity contribution in [1.82, 2.24) is 29.5 Å². The molecule has 1 atom stereocenters. The van der Waals surface area contributed by atoms with Crippen molar-refractivity contribution in [3.8, 4) is 34.3 Å². The van der Waals surface area contributed by atoms with Crippen LogP contribution in [0.2, 0.25) is 0 Å². The summed E-state index contributed by atoms with van der Waals surface area (Å²) in [7, 11) is 1.68. The number of aromatic nitrogens is 6. The molecule has 0 amide bonds. The van der Waals surface area contributed by atoms with E-state index in [9.17, 15) is 19.1 Å². The van der Waals surface area contributed by atoms with Gasteiger partial charge in [0, 0.05) is 36.0 Å². The lowest BCUT2D eigenvalue weighted by atomic mass is 9.99. The number of aryl methyl sites for hydroxylation is 1. The molecule has 5 heterocycles. The minimum Gasteiger partial charge on any atom is -0.474 e. The molecule has 0 unspecified atom stereocenters. The molecular weight excluding hydrogens is 460 g/mol. The predicted molar refractivity (Wildman–Crippen MR) is 121 cm³/mol. The number of pyridine rings is 1. The summed E-state index contributed by atoms with van der Waals surface area (Å²) in [6, 6.07) is 5.60. The van der Waals surface area contributed by atoms with Crippen LogP contribution < -0.4 is 4.74 Å². The predicted octanol–water partition coefficient (Wildman–Crippen LogP) is 3.18. The molecule has 0 radical (unpaired) electrons. The number of aromatic amines is 1. The molecule has 5 rings (SSSR count). The molecule has 0 fully saturated rings. The van der Waals surface area contributed by atoms with E-state index in [1.807, 2.05) is 0 Å². The number of hydrogen-bond acceptors (Lipinski definition) is 7. The fourth-order valence-corrected chi connectivity index (χ4v) is 4.21. The Hall–Kier alpha value is -3.82. The van der Waals surface area contributed by atoms with Crippen LogP contribution in [0.15, 0.2) is 24.5 Å². The van der Waals surface area contributed by atoms with Gasteiger partial charge in [-0.05, 0) is 26.0 Å². The minimum atomic E-state index is -2.89. The third-order valence-electron chi connectivity index (χ3n) is 5.62. The summed E-state index contributed by atoms with van der Waals surface area (Å²) in [5.74, 6) is 0.165. The van der Waals surface area contributed by atoms with E-state index < -0.39 is 23.8 Å². The zero-order valence-electron chi connectivity index (χ0n) is 19.3. The smallest absolute Gasteiger partial charge is 0.282 e. The van der Waals surface area contributed by atoms with Crippen LogP contribution in [0.25, 0.3) is 33.4 Å². The van der Waals surface area contributed by atoms with E-state index in [0.29, 0.717) is 27.9 Å². The first kappa shape index (κ1) is 22.9. The van der Waals surface area contributed by atoms with E-state index >= 15 is 0 Å². The van der Waals surface area contributed by atoms with Gasteiger partial charge >= 0.3 is 0 Å². The summed E-state index contributed by atoms with van der Waals surface area (Å²) in [5, 5.41) is 28.6. The van der Waals surface area contributed by atoms with Crippen LogP contribution in [0.4, 0.5) is 8.78 Å². The van der Waals surface area contributed by atoms with Crippen molar-refractivity contribution in [1.29, 1.82) is 5.26 Å². The Bertz CT molecular complexity index is 1440. The molecule has 0 saturated heterocycles. The molecule has 0 aromatic carbocycles. The number of H-pyrrole nitrogens is 1. The number of nitrogens with one attached hydrogen (secondary N) is 1. The largest absolute Gasteiger partial charge is 0.474 e. The molecule has 0 bridgehead atoms. The average molecular weight is 483 g/mol. The van der Waals surface area contributed by atoms with Crippen molar-refractivity contribution < 1.29 is 23.4 Å². The van der Waals surface area contributed by atoms with Gasteiger partial charge < -0.3 is 19.6 Å². The van der Waals surface area contributed by atoms with Crippen LogP contribution in [0, 0.1) is 11.3 Å². The number of ether oxygens (including phenoxy) is 2. The molecule has 10 nitrogen and oxygen atoms in total. The summed E-state index contributed by atoms with van der Waals surface area (Å²) < 4.78 is 42.9. The van der Waals surface area contributed by atoms with Crippen molar-refractivity contribution in [2.45, 2.75) is 38.5 Å². The molecule has 12 heteroatoms. The number of hydrogen-bond donors (Lipinski definition) is 2. The molecule has 1 aliphatic rings. The number of nitriles is 1. The van der Waals surface area contributed by atoms with Crippen molar-refractivity contribution in [3.05, 3.63) is 35.9 Å². The monoisotopic (exact) mass is 483 g/mol. The van der Waals surface area contributed by atoms with Gasteiger partial charge in [-0.15, -0.1) is 0 Å². The highest BCUT2D eigenvalue weighted by molar-refractivity contribution is 6.04. The lowest BCUT2D eigenvalue weighted by Gasteiger charge is -2.27. The zero-order chi connectivity index (χ0) is 24.9. The highest BCUT2D eigenvalue weighted by Crippen LogP contribution is 2.46. The van der Waals surface area contributed by atoms with E-state index in [-0.39, 0.29) is 36.9 Å². The highest BCUT2D eigenvalue weighted by Gasteiger charge is 2.35. The Balaban J connectivity index is 1.68. The van der Waals surface area contributed by atoms with E-state index in [1.165, 1.54) is 9.36 Å². The normalized spacial score (nSPS) is 15.9. The zero-order valence-corrected chi connectivity index (χ0v) is 19.3. The second-order valence-corrected chi connectivity index (χ2v) is 9.06. The Kier molecular flexibility index (Phi) is 5.53. The summed E-state index contributed by atoms with van der Waals surface area (Å²) in [4.78, 5) is 7.48. The van der Waals surface area contributed by atoms with Gasteiger partial charge in [0.1, 0.15) is 30.1 Å². The average Bonchev–Trinajstić information content (AvgIpc) is 3.48. The molecule has 0 saturated carbocycles. The molecule has 1 aliphatic heterocycles. The fraction of sp³-hybridized carbons (Fsp3) is 0.391. The number of halogens is 2. The maximum atomic E-state index is 14.2. The Morgan fingerprint density at radius 2 is 2.17 bits per heavy atom. The van der Waals surface area contributed by atoms with Crippen LogP contribution in [0.3, 0.4) is 0 Å². The lowest BCUT2D eigenvalue weighted by molar-refractivity contribution is -0.0786. The number of nitrogens with zero attached hydrogens (tertiary/aromatic N) is 6. The van der Waals surface area contributed by atoms with Gasteiger partial charge in [0.15, 0.2) is 5.69 Å². The number of rotatable bonds is 6. The first-order valence-electron chi connectivity index (χ1n) is 10.9. The fourth-order valence-electron chi connectivity index (χ4n) is 4.21. The van der Waals surface area contributed by atoms with Gasteiger partial charge in [-0.2, -0.15) is 15.5 Å². The number of fused-ring (bicyclic) bond motifs is 2. The van der Waals surface area contributed by atoms with Gasteiger partial charge in [-0.1, -0.05) is 0 Å². The number of alkyl halides is 2. The third kappa shape index (κ3) is 4.13. The Labute approximate surface area is 198 Å². The Morgan fingerprint density at radius 1 is 1.37 bits per heavy atom. The van der Waals surface area contributed by atoms with Crippen LogP contribution >= 0.6 is 0 Å². The third-order valence-corrected chi connectivity index (χ3v) is 5.62. The van der Waals surface area contributed by atoms with Crippen LogP contribution in [0.5, 0.6) is 5.88 Å². The van der Waals surface area contributed by atoms with Crippen LogP contribution in [-0.2, 0) is 18.3 Å². The second kappa shape index (κ2) is 8.44. The SMILES string of the molecule is Cn1cc(-c2c(-c3c(C(F)F)nn4c3OC[C@@H](OCC(C)(C)O)C4)[nH]c3ncccc23)c(C#N)n1. The van der Waals surface area contributed by atoms with Gasteiger partial charge in [0.2, 0.25) is 5.88 Å². The van der Waals surface area contributed by atoms with Gasteiger partial charge in [-0.3, -0.25) is 4.68 Å². The molecule has 0 spiro atoms. The molecule has 182 valence electrons. The van der Waals surface area contributed by atoms with Gasteiger partial charge in [0.25, 0.3) is 6.43 Å². The molecule has 4 aromatic heterocycles.